The van der Waals surface area contributed by atoms with Gasteiger partial charge in [0.1, 0.15) is 0 Å². The first-order valence-electron chi connectivity index (χ1n) is 8.77. The zero-order valence-electron chi connectivity index (χ0n) is 14.2. The Morgan fingerprint density at radius 1 is 1.40 bits per heavy atom. The monoisotopic (exact) mass is 356 g/mol. The van der Waals surface area contributed by atoms with Gasteiger partial charge in [-0.2, -0.15) is 0 Å². The summed E-state index contributed by atoms with van der Waals surface area (Å²) in [7, 11) is 0. The van der Waals surface area contributed by atoms with Gasteiger partial charge >= 0.3 is 5.97 Å². The lowest BCUT2D eigenvalue weighted by atomic mass is 9.70. The second-order valence-corrected chi connectivity index (χ2v) is 7.39. The number of esters is 1. The summed E-state index contributed by atoms with van der Waals surface area (Å²) in [5.41, 5.74) is 11.6. The second-order valence-electron chi connectivity index (χ2n) is 6.95. The predicted molar refractivity (Wildman–Crippen MR) is 99.7 cm³/mol. The summed E-state index contributed by atoms with van der Waals surface area (Å²) in [6.45, 7) is 2.26. The van der Waals surface area contributed by atoms with Gasteiger partial charge < -0.3 is 10.5 Å². The van der Waals surface area contributed by atoms with Crippen molar-refractivity contribution in [1.29, 1.82) is 0 Å². The van der Waals surface area contributed by atoms with E-state index in [0.29, 0.717) is 29.9 Å². The molecule has 0 radical (unpaired) electrons. The van der Waals surface area contributed by atoms with Crippen LogP contribution in [0.3, 0.4) is 0 Å². The smallest absolute Gasteiger partial charge is 0.309 e. The number of fused-ring (bicyclic) bond motifs is 5. The number of anilines is 1. The van der Waals surface area contributed by atoms with Gasteiger partial charge in [0.05, 0.1) is 18.5 Å². The molecular formula is C20H21ClN2O2. The zero-order valence-corrected chi connectivity index (χ0v) is 15.0. The summed E-state index contributed by atoms with van der Waals surface area (Å²) in [5.74, 6) is 0.600. The topological polar surface area (TPSA) is 65.2 Å². The first-order valence-corrected chi connectivity index (χ1v) is 9.15. The van der Waals surface area contributed by atoms with Gasteiger partial charge in [-0.3, -0.25) is 9.78 Å². The molecule has 2 aliphatic rings. The van der Waals surface area contributed by atoms with E-state index in [1.807, 2.05) is 25.1 Å². The second kappa shape index (κ2) is 6.34. The number of nitrogens with zero attached hydrogens (tertiary/aromatic N) is 1. The maximum absolute atomic E-state index is 11.8. The Morgan fingerprint density at radius 3 is 3.04 bits per heavy atom. The van der Waals surface area contributed by atoms with Crippen molar-refractivity contribution >= 4 is 34.2 Å². The maximum Gasteiger partial charge on any atom is 0.309 e. The molecule has 130 valence electrons. The highest BCUT2D eigenvalue weighted by Crippen LogP contribution is 2.47. The molecule has 4 nitrogen and oxygen atoms in total. The van der Waals surface area contributed by atoms with E-state index in [9.17, 15) is 4.79 Å². The summed E-state index contributed by atoms with van der Waals surface area (Å²) in [6, 6.07) is 5.68. The van der Waals surface area contributed by atoms with Gasteiger partial charge in [-0.05, 0) is 56.2 Å². The molecule has 2 aromatic rings. The van der Waals surface area contributed by atoms with E-state index < -0.39 is 0 Å². The number of hydrogen-bond acceptors (Lipinski definition) is 4. The molecule has 2 aliphatic carbocycles. The van der Waals surface area contributed by atoms with Crippen LogP contribution < -0.4 is 5.73 Å². The molecule has 0 unspecified atom stereocenters. The lowest BCUT2D eigenvalue weighted by Gasteiger charge is -2.35. The van der Waals surface area contributed by atoms with Crippen LogP contribution in [0.25, 0.3) is 10.9 Å². The van der Waals surface area contributed by atoms with Crippen molar-refractivity contribution in [2.45, 2.75) is 38.5 Å². The van der Waals surface area contributed by atoms with Crippen LogP contribution in [0.4, 0.5) is 5.69 Å². The van der Waals surface area contributed by atoms with Gasteiger partial charge in [0.25, 0.3) is 0 Å². The van der Waals surface area contributed by atoms with Gasteiger partial charge in [0.15, 0.2) is 0 Å². The molecule has 0 fully saturated rings. The van der Waals surface area contributed by atoms with Gasteiger partial charge in [-0.15, -0.1) is 0 Å². The van der Waals surface area contributed by atoms with E-state index in [4.69, 9.17) is 27.1 Å². The molecule has 5 heteroatoms. The lowest BCUT2D eigenvalue weighted by Crippen LogP contribution is -2.25. The first kappa shape index (κ1) is 16.4. The molecule has 0 aliphatic heterocycles. The molecular weight excluding hydrogens is 336 g/mol. The minimum Gasteiger partial charge on any atom is -0.466 e. The van der Waals surface area contributed by atoms with Crippen LogP contribution in [0.1, 0.15) is 43.4 Å². The van der Waals surface area contributed by atoms with Gasteiger partial charge in [-0.25, -0.2) is 0 Å². The highest BCUT2D eigenvalue weighted by molar-refractivity contribution is 6.31. The third-order valence-corrected chi connectivity index (χ3v) is 5.45. The zero-order chi connectivity index (χ0) is 17.6. The molecule has 2 N–H and O–H groups in total. The number of nitrogens with two attached hydrogens (primary N) is 1. The first-order chi connectivity index (χ1) is 12.0. The average molecular weight is 357 g/mol. The van der Waals surface area contributed by atoms with Crippen molar-refractivity contribution in [3.63, 3.8) is 0 Å². The summed E-state index contributed by atoms with van der Waals surface area (Å²) in [6.07, 6.45) is 5.42. The fraction of sp³-hybridized carbons (Fsp3) is 0.400. The molecule has 2 bridgehead atoms. The Morgan fingerprint density at radius 2 is 2.24 bits per heavy atom. The molecule has 0 spiro atoms. The van der Waals surface area contributed by atoms with Crippen molar-refractivity contribution in [3.8, 4) is 0 Å². The highest BCUT2D eigenvalue weighted by atomic mass is 35.5. The molecule has 4 rings (SSSR count). The average Bonchev–Trinajstić information content (AvgIpc) is 2.54. The van der Waals surface area contributed by atoms with E-state index >= 15 is 0 Å². The summed E-state index contributed by atoms with van der Waals surface area (Å²) >= 11 is 6.11. The number of halogens is 1. The van der Waals surface area contributed by atoms with Crippen molar-refractivity contribution in [2.75, 3.05) is 12.3 Å². The van der Waals surface area contributed by atoms with Crippen molar-refractivity contribution < 1.29 is 9.53 Å². The minimum atomic E-state index is -0.145. The minimum absolute atomic E-state index is 0.145. The van der Waals surface area contributed by atoms with E-state index in [0.717, 1.165) is 41.5 Å². The molecule has 2 atom stereocenters. The fourth-order valence-corrected chi connectivity index (χ4v) is 4.48. The van der Waals surface area contributed by atoms with Gasteiger partial charge in [-0.1, -0.05) is 23.3 Å². The standard InChI is InChI=1S/C20H21ClN2O2/c1-2-25-18(24)9-12-5-11-6-13(7-12)19-17(8-11)23-16-10-14(21)3-4-15(16)20(19)22/h3-5,10-11,13H,2,6-9H2,1H3,(H2,22,23)/t11-,13-/m0/s1. The SMILES string of the molecule is CCOC(=O)CC1=C[C@@H]2Cc3nc4cc(Cl)ccc4c(N)c3[C@H](C1)C2. The van der Waals surface area contributed by atoms with Crippen molar-refractivity contribution in [3.05, 3.63) is 46.1 Å². The largest absolute Gasteiger partial charge is 0.466 e. The van der Waals surface area contributed by atoms with Gasteiger partial charge in [0.2, 0.25) is 0 Å². The van der Waals surface area contributed by atoms with E-state index in [2.05, 4.69) is 6.08 Å². The number of allylic oxidation sites excluding steroid dienone is 1. The third-order valence-electron chi connectivity index (χ3n) is 5.21. The van der Waals surface area contributed by atoms with E-state index in [1.54, 1.807) is 0 Å². The Bertz CT molecular complexity index is 891. The lowest BCUT2D eigenvalue weighted by molar-refractivity contribution is -0.142. The van der Waals surface area contributed by atoms with Gasteiger partial charge in [0, 0.05) is 27.4 Å². The number of rotatable bonds is 3. The molecule has 25 heavy (non-hydrogen) atoms. The summed E-state index contributed by atoms with van der Waals surface area (Å²) in [5, 5.41) is 1.63. The highest BCUT2D eigenvalue weighted by Gasteiger charge is 2.34. The Kier molecular flexibility index (Phi) is 4.16. The molecule has 1 aromatic heterocycles. The fourth-order valence-electron chi connectivity index (χ4n) is 4.32. The van der Waals surface area contributed by atoms with Crippen LogP contribution in [-0.4, -0.2) is 17.6 Å². The number of carbonyl (C=O) groups is 1. The van der Waals surface area contributed by atoms with Crippen LogP contribution in [0, 0.1) is 5.92 Å². The third kappa shape index (κ3) is 2.99. The summed E-state index contributed by atoms with van der Waals surface area (Å²) in [4.78, 5) is 16.7. The molecule has 0 amide bonds. The van der Waals surface area contributed by atoms with Crippen LogP contribution in [0.5, 0.6) is 0 Å². The number of carbonyl (C=O) groups excluding carboxylic acids is 1. The maximum atomic E-state index is 11.8. The molecule has 1 heterocycles. The van der Waals surface area contributed by atoms with Crippen molar-refractivity contribution in [2.24, 2.45) is 5.92 Å². The van der Waals surface area contributed by atoms with E-state index in [-0.39, 0.29) is 5.97 Å². The Labute approximate surface area is 152 Å². The van der Waals surface area contributed by atoms with Crippen LogP contribution >= 0.6 is 11.6 Å². The number of benzene rings is 1. The van der Waals surface area contributed by atoms with Crippen LogP contribution in [0.15, 0.2) is 29.8 Å². The number of pyridine rings is 1. The number of ether oxygens (including phenoxy) is 1. The normalized spacial score (nSPS) is 21.6. The molecule has 1 aromatic carbocycles. The van der Waals surface area contributed by atoms with Crippen LogP contribution in [-0.2, 0) is 16.0 Å². The number of nitrogen functional groups attached to an aromatic ring is 1. The predicted octanol–water partition coefficient (Wildman–Crippen LogP) is 4.40. The quantitative estimate of drug-likeness (QED) is 0.654. The Hall–Kier alpha value is -2.07. The number of aromatic nitrogens is 1. The van der Waals surface area contributed by atoms with Crippen molar-refractivity contribution in [1.82, 2.24) is 4.98 Å². The molecule has 0 saturated carbocycles. The molecule has 0 saturated heterocycles. The Balaban J connectivity index is 1.70. The van der Waals surface area contributed by atoms with E-state index in [1.165, 1.54) is 11.1 Å². The van der Waals surface area contributed by atoms with Crippen LogP contribution in [0.2, 0.25) is 5.02 Å². The summed E-state index contributed by atoms with van der Waals surface area (Å²) < 4.78 is 5.10. The number of hydrogen-bond donors (Lipinski definition) is 1.